The van der Waals surface area contributed by atoms with Crippen molar-refractivity contribution in [1.82, 2.24) is 10.2 Å². The molecule has 0 aliphatic rings. The minimum absolute atomic E-state index is 0.169. The fourth-order valence-corrected chi connectivity index (χ4v) is 2.45. The molecule has 1 N–H and O–H groups in total. The second-order valence-electron chi connectivity index (χ2n) is 3.07. The third kappa shape index (κ3) is 5.19. The van der Waals surface area contributed by atoms with Crippen molar-refractivity contribution in [2.24, 2.45) is 0 Å². The second kappa shape index (κ2) is 7.55. The SMILES string of the molecule is CCOC(=O)CSc1nnc(NC(=O)[C@H](C)Cl)s1. The van der Waals surface area contributed by atoms with Crippen molar-refractivity contribution >= 4 is 51.7 Å². The molecule has 1 amide bonds. The van der Waals surface area contributed by atoms with Gasteiger partial charge in [0.1, 0.15) is 5.38 Å². The Balaban J connectivity index is 2.43. The number of nitrogens with zero attached hydrogens (tertiary/aromatic N) is 2. The number of halogens is 1. The molecular formula is C9H12ClN3O3S2. The van der Waals surface area contributed by atoms with Gasteiger partial charge in [-0.2, -0.15) is 0 Å². The molecule has 0 saturated carbocycles. The molecule has 0 unspecified atom stereocenters. The highest BCUT2D eigenvalue weighted by Crippen LogP contribution is 2.25. The maximum absolute atomic E-state index is 11.3. The molecule has 0 aromatic carbocycles. The average molecular weight is 310 g/mol. The van der Waals surface area contributed by atoms with Crippen LogP contribution in [0.1, 0.15) is 13.8 Å². The first-order chi connectivity index (χ1) is 8.52. The first kappa shape index (κ1) is 15.2. The van der Waals surface area contributed by atoms with Gasteiger partial charge in [-0.25, -0.2) is 0 Å². The lowest BCUT2D eigenvalue weighted by Crippen LogP contribution is -2.20. The lowest BCUT2D eigenvalue weighted by atomic mass is 10.4. The van der Waals surface area contributed by atoms with Gasteiger partial charge in [-0.3, -0.25) is 14.9 Å². The lowest BCUT2D eigenvalue weighted by molar-refractivity contribution is -0.139. The van der Waals surface area contributed by atoms with Gasteiger partial charge in [-0.1, -0.05) is 23.1 Å². The maximum atomic E-state index is 11.3. The molecule has 0 aliphatic heterocycles. The summed E-state index contributed by atoms with van der Waals surface area (Å²) in [5, 5.41) is 9.84. The molecule has 1 atom stereocenters. The van der Waals surface area contributed by atoms with Gasteiger partial charge in [-0.15, -0.1) is 21.8 Å². The number of aromatic nitrogens is 2. The van der Waals surface area contributed by atoms with Gasteiger partial charge >= 0.3 is 5.97 Å². The van der Waals surface area contributed by atoms with Crippen molar-refractivity contribution < 1.29 is 14.3 Å². The fourth-order valence-electron chi connectivity index (χ4n) is 0.847. The van der Waals surface area contributed by atoms with Gasteiger partial charge in [0, 0.05) is 0 Å². The van der Waals surface area contributed by atoms with E-state index in [1.807, 2.05) is 0 Å². The largest absolute Gasteiger partial charge is 0.465 e. The number of alkyl halides is 1. The molecule has 100 valence electrons. The minimum Gasteiger partial charge on any atom is -0.465 e. The summed E-state index contributed by atoms with van der Waals surface area (Å²) in [6, 6.07) is 0. The number of nitrogens with one attached hydrogen (secondary N) is 1. The molecule has 0 saturated heterocycles. The number of hydrogen-bond acceptors (Lipinski definition) is 7. The molecule has 1 aromatic heterocycles. The summed E-state index contributed by atoms with van der Waals surface area (Å²) in [6.07, 6.45) is 0. The predicted octanol–water partition coefficient (Wildman–Crippen LogP) is 1.76. The van der Waals surface area contributed by atoms with Gasteiger partial charge in [0.25, 0.3) is 0 Å². The van der Waals surface area contributed by atoms with Crippen LogP contribution in [0.5, 0.6) is 0 Å². The van der Waals surface area contributed by atoms with Gasteiger partial charge in [0.15, 0.2) is 4.34 Å². The minimum atomic E-state index is -0.635. The van der Waals surface area contributed by atoms with E-state index in [0.717, 1.165) is 0 Å². The third-order valence-electron chi connectivity index (χ3n) is 1.62. The first-order valence-corrected chi connectivity index (χ1v) is 7.33. The second-order valence-corrected chi connectivity index (χ2v) is 5.93. The molecule has 1 rings (SSSR count). The van der Waals surface area contributed by atoms with Gasteiger partial charge in [0.2, 0.25) is 11.0 Å². The summed E-state index contributed by atoms with van der Waals surface area (Å²) in [7, 11) is 0. The van der Waals surface area contributed by atoms with Crippen LogP contribution in [0.15, 0.2) is 4.34 Å². The summed E-state index contributed by atoms with van der Waals surface area (Å²) >= 11 is 7.99. The van der Waals surface area contributed by atoms with Crippen LogP contribution < -0.4 is 5.32 Å². The quantitative estimate of drug-likeness (QED) is 0.373. The molecule has 9 heteroatoms. The summed E-state index contributed by atoms with van der Waals surface area (Å²) in [6.45, 7) is 3.66. The Labute approximate surface area is 117 Å². The summed E-state index contributed by atoms with van der Waals surface area (Å²) in [5.74, 6) is -0.477. The van der Waals surface area contributed by atoms with Crippen molar-refractivity contribution in [3.63, 3.8) is 0 Å². The number of carbonyl (C=O) groups excluding carboxylic acids is 2. The van der Waals surface area contributed by atoms with Crippen molar-refractivity contribution in [2.75, 3.05) is 17.7 Å². The Bertz CT molecular complexity index is 425. The van der Waals surface area contributed by atoms with E-state index in [-0.39, 0.29) is 17.6 Å². The number of carbonyl (C=O) groups is 2. The zero-order chi connectivity index (χ0) is 13.5. The number of hydrogen-bond donors (Lipinski definition) is 1. The van der Waals surface area contributed by atoms with E-state index in [0.29, 0.717) is 16.1 Å². The number of rotatable bonds is 6. The molecule has 0 aliphatic carbocycles. The Kier molecular flexibility index (Phi) is 6.37. The molecule has 1 aromatic rings. The summed E-state index contributed by atoms with van der Waals surface area (Å²) in [5.41, 5.74) is 0. The van der Waals surface area contributed by atoms with E-state index in [9.17, 15) is 9.59 Å². The lowest BCUT2D eigenvalue weighted by Gasteiger charge is -2.00. The zero-order valence-electron chi connectivity index (χ0n) is 9.81. The van der Waals surface area contributed by atoms with Crippen LogP contribution in [0.4, 0.5) is 5.13 Å². The van der Waals surface area contributed by atoms with E-state index in [1.165, 1.54) is 23.1 Å². The molecule has 6 nitrogen and oxygen atoms in total. The van der Waals surface area contributed by atoms with Crippen LogP contribution in [0.25, 0.3) is 0 Å². The molecule has 18 heavy (non-hydrogen) atoms. The number of esters is 1. The molecular weight excluding hydrogens is 298 g/mol. The number of ether oxygens (including phenoxy) is 1. The highest BCUT2D eigenvalue weighted by atomic mass is 35.5. The van der Waals surface area contributed by atoms with E-state index in [4.69, 9.17) is 16.3 Å². The highest BCUT2D eigenvalue weighted by molar-refractivity contribution is 8.01. The normalized spacial score (nSPS) is 11.9. The van der Waals surface area contributed by atoms with E-state index in [2.05, 4.69) is 15.5 Å². The molecule has 1 heterocycles. The van der Waals surface area contributed by atoms with E-state index in [1.54, 1.807) is 13.8 Å². The van der Waals surface area contributed by atoms with Crippen LogP contribution in [0, 0.1) is 0 Å². The number of thioether (sulfide) groups is 1. The Morgan fingerprint density at radius 2 is 2.28 bits per heavy atom. The van der Waals surface area contributed by atoms with Gasteiger partial charge < -0.3 is 4.74 Å². The van der Waals surface area contributed by atoms with Crippen molar-refractivity contribution in [3.8, 4) is 0 Å². The van der Waals surface area contributed by atoms with Crippen LogP contribution in [0.3, 0.4) is 0 Å². The average Bonchev–Trinajstić information content (AvgIpc) is 2.74. The maximum Gasteiger partial charge on any atom is 0.316 e. The third-order valence-corrected chi connectivity index (χ3v) is 3.76. The first-order valence-electron chi connectivity index (χ1n) is 5.09. The van der Waals surface area contributed by atoms with Crippen molar-refractivity contribution in [1.29, 1.82) is 0 Å². The van der Waals surface area contributed by atoms with Crippen LogP contribution in [0.2, 0.25) is 0 Å². The monoisotopic (exact) mass is 309 g/mol. The standard InChI is InChI=1S/C9H12ClN3O3S2/c1-3-16-6(14)4-17-9-13-12-8(18-9)11-7(15)5(2)10/h5H,3-4H2,1-2H3,(H,11,12,15)/t5-/m0/s1. The Morgan fingerprint density at radius 3 is 2.89 bits per heavy atom. The summed E-state index contributed by atoms with van der Waals surface area (Å²) in [4.78, 5) is 22.4. The zero-order valence-corrected chi connectivity index (χ0v) is 12.2. The molecule has 0 spiro atoms. The molecule has 0 fully saturated rings. The van der Waals surface area contributed by atoms with Crippen LogP contribution in [-0.2, 0) is 14.3 Å². The van der Waals surface area contributed by atoms with Gasteiger partial charge in [0.05, 0.1) is 12.4 Å². The van der Waals surface area contributed by atoms with Crippen molar-refractivity contribution in [3.05, 3.63) is 0 Å². The van der Waals surface area contributed by atoms with E-state index < -0.39 is 5.38 Å². The van der Waals surface area contributed by atoms with Crippen LogP contribution in [-0.4, -0.2) is 39.8 Å². The smallest absolute Gasteiger partial charge is 0.316 e. The number of amides is 1. The molecule has 0 radical (unpaired) electrons. The molecule has 0 bridgehead atoms. The number of anilines is 1. The topological polar surface area (TPSA) is 81.2 Å². The Morgan fingerprint density at radius 1 is 1.56 bits per heavy atom. The Hall–Kier alpha value is -0.860. The van der Waals surface area contributed by atoms with Crippen molar-refractivity contribution in [2.45, 2.75) is 23.6 Å². The highest BCUT2D eigenvalue weighted by Gasteiger charge is 2.13. The van der Waals surface area contributed by atoms with E-state index >= 15 is 0 Å². The fraction of sp³-hybridized carbons (Fsp3) is 0.556. The van der Waals surface area contributed by atoms with Gasteiger partial charge in [-0.05, 0) is 13.8 Å². The van der Waals surface area contributed by atoms with Crippen LogP contribution >= 0.6 is 34.7 Å². The summed E-state index contributed by atoms with van der Waals surface area (Å²) < 4.78 is 5.36. The predicted molar refractivity (Wildman–Crippen MR) is 71.2 cm³/mol.